The molecule has 96 valence electrons. The van der Waals surface area contributed by atoms with Crippen molar-refractivity contribution >= 4 is 11.3 Å². The maximum Gasteiger partial charge on any atom is 0.230 e. The molecular weight excluding hydrogens is 248 g/mol. The van der Waals surface area contributed by atoms with E-state index in [4.69, 9.17) is 4.52 Å². The van der Waals surface area contributed by atoms with Gasteiger partial charge < -0.3 is 9.63 Å². The number of thiophene rings is 1. The zero-order chi connectivity index (χ0) is 12.5. The van der Waals surface area contributed by atoms with E-state index in [1.807, 2.05) is 0 Å². The Morgan fingerprint density at radius 2 is 2.06 bits per heavy atom. The second kappa shape index (κ2) is 4.82. The van der Waals surface area contributed by atoms with E-state index in [-0.39, 0.29) is 6.10 Å². The first-order chi connectivity index (χ1) is 8.74. The molecule has 0 amide bonds. The zero-order valence-corrected chi connectivity index (χ0v) is 11.1. The van der Waals surface area contributed by atoms with Gasteiger partial charge in [0.15, 0.2) is 0 Å². The van der Waals surface area contributed by atoms with Crippen molar-refractivity contribution in [1.29, 1.82) is 0 Å². The van der Waals surface area contributed by atoms with Crippen molar-refractivity contribution in [3.8, 4) is 11.4 Å². The lowest BCUT2D eigenvalue weighted by atomic mass is 9.87. The molecule has 0 bridgehead atoms. The SMILES string of the molecule is Cc1cscc1-c1noc(C2CCC(O)CC2)n1. The molecule has 2 aromatic heterocycles. The highest BCUT2D eigenvalue weighted by molar-refractivity contribution is 7.08. The highest BCUT2D eigenvalue weighted by atomic mass is 32.1. The van der Waals surface area contributed by atoms with Crippen molar-refractivity contribution in [1.82, 2.24) is 10.1 Å². The maximum atomic E-state index is 9.50. The number of hydrogen-bond donors (Lipinski definition) is 1. The molecule has 4 nitrogen and oxygen atoms in total. The predicted molar refractivity (Wildman–Crippen MR) is 69.6 cm³/mol. The third-order valence-electron chi connectivity index (χ3n) is 3.58. The molecule has 5 heteroatoms. The van der Waals surface area contributed by atoms with E-state index in [2.05, 4.69) is 27.8 Å². The lowest BCUT2D eigenvalue weighted by Crippen LogP contribution is -2.17. The van der Waals surface area contributed by atoms with Crippen molar-refractivity contribution in [3.63, 3.8) is 0 Å². The topological polar surface area (TPSA) is 59.2 Å². The Bertz CT molecular complexity index is 527. The number of aliphatic hydroxyl groups excluding tert-OH is 1. The quantitative estimate of drug-likeness (QED) is 0.905. The van der Waals surface area contributed by atoms with Gasteiger partial charge in [-0.1, -0.05) is 5.16 Å². The van der Waals surface area contributed by atoms with Crippen molar-refractivity contribution in [3.05, 3.63) is 22.2 Å². The Kier molecular flexibility index (Phi) is 3.18. The minimum atomic E-state index is -0.150. The maximum absolute atomic E-state index is 9.50. The van der Waals surface area contributed by atoms with Gasteiger partial charge in [0.2, 0.25) is 11.7 Å². The molecule has 0 spiro atoms. The van der Waals surface area contributed by atoms with Gasteiger partial charge in [-0.05, 0) is 43.6 Å². The Balaban J connectivity index is 1.80. The van der Waals surface area contributed by atoms with Crippen LogP contribution in [0, 0.1) is 6.92 Å². The Morgan fingerprint density at radius 1 is 1.28 bits per heavy atom. The summed E-state index contributed by atoms with van der Waals surface area (Å²) in [6.07, 6.45) is 3.39. The number of aliphatic hydroxyl groups is 1. The van der Waals surface area contributed by atoms with Crippen LogP contribution in [0.2, 0.25) is 0 Å². The minimum Gasteiger partial charge on any atom is -0.393 e. The third-order valence-corrected chi connectivity index (χ3v) is 4.45. The van der Waals surface area contributed by atoms with Crippen LogP contribution in [0.3, 0.4) is 0 Å². The molecule has 3 rings (SSSR count). The molecule has 2 heterocycles. The minimum absolute atomic E-state index is 0.150. The van der Waals surface area contributed by atoms with E-state index in [1.165, 1.54) is 5.56 Å². The molecule has 0 atom stereocenters. The van der Waals surface area contributed by atoms with Crippen LogP contribution in [0.15, 0.2) is 15.3 Å². The number of nitrogens with zero attached hydrogens (tertiary/aromatic N) is 2. The standard InChI is InChI=1S/C13H16N2O2S/c1-8-6-18-7-11(8)12-14-13(17-15-12)9-2-4-10(16)5-3-9/h6-7,9-10,16H,2-5H2,1H3. The fourth-order valence-electron chi connectivity index (χ4n) is 2.42. The predicted octanol–water partition coefficient (Wildman–Crippen LogP) is 3.13. The summed E-state index contributed by atoms with van der Waals surface area (Å²) >= 11 is 1.65. The molecule has 2 aromatic rings. The second-order valence-electron chi connectivity index (χ2n) is 4.93. The average Bonchev–Trinajstić information content (AvgIpc) is 2.98. The fraction of sp³-hybridized carbons (Fsp3) is 0.538. The smallest absolute Gasteiger partial charge is 0.230 e. The summed E-state index contributed by atoms with van der Waals surface area (Å²) in [5.74, 6) is 1.73. The summed E-state index contributed by atoms with van der Waals surface area (Å²) in [5.41, 5.74) is 2.25. The van der Waals surface area contributed by atoms with Crippen LogP contribution in [0.25, 0.3) is 11.4 Å². The monoisotopic (exact) mass is 264 g/mol. The first kappa shape index (κ1) is 11.9. The van der Waals surface area contributed by atoms with E-state index >= 15 is 0 Å². The molecule has 18 heavy (non-hydrogen) atoms. The molecule has 0 radical (unpaired) electrons. The van der Waals surface area contributed by atoms with E-state index in [9.17, 15) is 5.11 Å². The van der Waals surface area contributed by atoms with Crippen LogP contribution in [-0.2, 0) is 0 Å². The Morgan fingerprint density at radius 3 is 2.72 bits per heavy atom. The average molecular weight is 264 g/mol. The van der Waals surface area contributed by atoms with Crippen LogP contribution in [0.1, 0.15) is 43.1 Å². The van der Waals surface area contributed by atoms with Crippen LogP contribution in [0.5, 0.6) is 0 Å². The first-order valence-corrected chi connectivity index (χ1v) is 7.23. The van der Waals surface area contributed by atoms with Gasteiger partial charge in [-0.2, -0.15) is 16.3 Å². The van der Waals surface area contributed by atoms with Gasteiger partial charge in [-0.3, -0.25) is 0 Å². The highest BCUT2D eigenvalue weighted by Crippen LogP contribution is 2.33. The molecule has 0 saturated heterocycles. The normalized spacial score (nSPS) is 24.3. The van der Waals surface area contributed by atoms with Gasteiger partial charge in [0, 0.05) is 16.9 Å². The van der Waals surface area contributed by atoms with Gasteiger partial charge >= 0.3 is 0 Å². The van der Waals surface area contributed by atoms with E-state index in [1.54, 1.807) is 11.3 Å². The summed E-state index contributed by atoms with van der Waals surface area (Å²) in [7, 11) is 0. The zero-order valence-electron chi connectivity index (χ0n) is 10.3. The van der Waals surface area contributed by atoms with Crippen LogP contribution in [0.4, 0.5) is 0 Å². The molecule has 1 aliphatic carbocycles. The molecule has 1 aliphatic rings. The second-order valence-corrected chi connectivity index (χ2v) is 5.67. The van der Waals surface area contributed by atoms with Crippen molar-refractivity contribution in [2.24, 2.45) is 0 Å². The number of rotatable bonds is 2. The molecule has 0 aromatic carbocycles. The van der Waals surface area contributed by atoms with Crippen molar-refractivity contribution in [2.75, 3.05) is 0 Å². The lowest BCUT2D eigenvalue weighted by Gasteiger charge is -2.22. The lowest BCUT2D eigenvalue weighted by molar-refractivity contribution is 0.116. The van der Waals surface area contributed by atoms with Crippen molar-refractivity contribution in [2.45, 2.75) is 44.6 Å². The summed E-state index contributed by atoms with van der Waals surface area (Å²) in [6, 6.07) is 0. The molecule has 1 N–H and O–H groups in total. The number of aryl methyl sites for hydroxylation is 1. The summed E-state index contributed by atoms with van der Waals surface area (Å²) in [4.78, 5) is 4.51. The van der Waals surface area contributed by atoms with E-state index in [0.29, 0.717) is 11.7 Å². The van der Waals surface area contributed by atoms with Crippen LogP contribution in [-0.4, -0.2) is 21.4 Å². The highest BCUT2D eigenvalue weighted by Gasteiger charge is 2.25. The summed E-state index contributed by atoms with van der Waals surface area (Å²) < 4.78 is 5.38. The number of hydrogen-bond acceptors (Lipinski definition) is 5. The van der Waals surface area contributed by atoms with Crippen LogP contribution < -0.4 is 0 Å². The van der Waals surface area contributed by atoms with Crippen molar-refractivity contribution < 1.29 is 9.63 Å². The third kappa shape index (κ3) is 2.20. The Hall–Kier alpha value is -1.20. The Labute approximate surface area is 110 Å². The van der Waals surface area contributed by atoms with Gasteiger partial charge in [0.25, 0.3) is 0 Å². The van der Waals surface area contributed by atoms with E-state index < -0.39 is 0 Å². The summed E-state index contributed by atoms with van der Waals surface area (Å²) in [6.45, 7) is 2.05. The largest absolute Gasteiger partial charge is 0.393 e. The molecule has 1 saturated carbocycles. The fourth-order valence-corrected chi connectivity index (χ4v) is 3.25. The van der Waals surface area contributed by atoms with Gasteiger partial charge in [0.1, 0.15) is 0 Å². The molecular formula is C13H16N2O2S. The summed E-state index contributed by atoms with van der Waals surface area (Å²) in [5, 5.41) is 17.7. The van der Waals surface area contributed by atoms with E-state index in [0.717, 1.165) is 37.1 Å². The first-order valence-electron chi connectivity index (χ1n) is 6.29. The molecule has 0 unspecified atom stereocenters. The van der Waals surface area contributed by atoms with Gasteiger partial charge in [0.05, 0.1) is 6.10 Å². The van der Waals surface area contributed by atoms with Gasteiger partial charge in [-0.25, -0.2) is 0 Å². The number of aromatic nitrogens is 2. The molecule has 1 fully saturated rings. The van der Waals surface area contributed by atoms with Crippen LogP contribution >= 0.6 is 11.3 Å². The molecule has 0 aliphatic heterocycles. The van der Waals surface area contributed by atoms with Gasteiger partial charge in [-0.15, -0.1) is 0 Å².